The minimum atomic E-state index is 1.17. The summed E-state index contributed by atoms with van der Waals surface area (Å²) in [6.07, 6.45) is 11.1. The molecule has 0 unspecified atom stereocenters. The van der Waals surface area contributed by atoms with Crippen LogP contribution < -0.4 is 0 Å². The first-order chi connectivity index (χ1) is 9.20. The Balaban J connectivity index is 3.31. The Bertz CT molecular complexity index is 174. The number of hydrogen-bond acceptors (Lipinski definition) is 2. The molecule has 0 saturated heterocycles. The van der Waals surface area contributed by atoms with Crippen LogP contribution in [-0.2, 0) is 0 Å². The molecule has 2 nitrogen and oxygen atoms in total. The van der Waals surface area contributed by atoms with Crippen molar-refractivity contribution < 1.29 is 0 Å². The Hall–Kier alpha value is 0.400. The van der Waals surface area contributed by atoms with Crippen LogP contribution in [0.25, 0.3) is 0 Å². The largest absolute Gasteiger partial charge is 0.309 e. The van der Waals surface area contributed by atoms with Crippen LogP contribution in [0.1, 0.15) is 58.3 Å². The van der Waals surface area contributed by atoms with Crippen LogP contribution in [0.5, 0.6) is 0 Å². The van der Waals surface area contributed by atoms with E-state index in [9.17, 15) is 0 Å². The van der Waals surface area contributed by atoms with Crippen LogP contribution in [0.4, 0.5) is 0 Å². The average Bonchev–Trinajstić information content (AvgIpc) is 2.39. The van der Waals surface area contributed by atoms with Crippen LogP contribution >= 0.6 is 15.9 Å². The minimum absolute atomic E-state index is 1.17. The number of halogens is 1. The van der Waals surface area contributed by atoms with Gasteiger partial charge in [-0.3, -0.25) is 0 Å². The molecule has 19 heavy (non-hydrogen) atoms. The molecule has 0 heterocycles. The summed E-state index contributed by atoms with van der Waals surface area (Å²) in [5.41, 5.74) is 0. The van der Waals surface area contributed by atoms with E-state index >= 15 is 0 Å². The third-order valence-corrected chi connectivity index (χ3v) is 4.20. The maximum absolute atomic E-state index is 3.49. The summed E-state index contributed by atoms with van der Waals surface area (Å²) >= 11 is 3.49. The molecule has 0 aliphatic rings. The summed E-state index contributed by atoms with van der Waals surface area (Å²) < 4.78 is 0. The zero-order chi connectivity index (χ0) is 14.3. The van der Waals surface area contributed by atoms with Crippen LogP contribution in [-0.4, -0.2) is 55.4 Å². The van der Waals surface area contributed by atoms with E-state index in [0.717, 1.165) is 0 Å². The van der Waals surface area contributed by atoms with Crippen LogP contribution in [0, 0.1) is 0 Å². The fourth-order valence-electron chi connectivity index (χ4n) is 2.35. The minimum Gasteiger partial charge on any atom is -0.309 e. The summed E-state index contributed by atoms with van der Waals surface area (Å²) in [7, 11) is 4.32. The van der Waals surface area contributed by atoms with Crippen LogP contribution in [0.3, 0.4) is 0 Å². The van der Waals surface area contributed by atoms with Crippen molar-refractivity contribution in [3.8, 4) is 0 Å². The smallest absolute Gasteiger partial charge is 0.00313 e. The summed E-state index contributed by atoms with van der Waals surface area (Å²) in [4.78, 5) is 4.88. The molecular formula is C16H35BrN2. The van der Waals surface area contributed by atoms with Crippen LogP contribution in [0.2, 0.25) is 0 Å². The molecule has 0 bridgehead atoms. The van der Waals surface area contributed by atoms with Gasteiger partial charge >= 0.3 is 0 Å². The number of alkyl halides is 1. The molecule has 0 fully saturated rings. The lowest BCUT2D eigenvalue weighted by Crippen LogP contribution is -2.28. The van der Waals surface area contributed by atoms with Crippen molar-refractivity contribution in [3.63, 3.8) is 0 Å². The molecule has 0 aromatic heterocycles. The third kappa shape index (κ3) is 14.6. The molecule has 0 aliphatic carbocycles. The summed E-state index contributed by atoms with van der Waals surface area (Å²) in [5.74, 6) is 0. The molecule has 0 atom stereocenters. The van der Waals surface area contributed by atoms with Crippen molar-refractivity contribution in [1.29, 1.82) is 0 Å². The first-order valence-corrected chi connectivity index (χ1v) is 9.26. The van der Waals surface area contributed by atoms with Gasteiger partial charge in [0.25, 0.3) is 0 Å². The summed E-state index contributed by atoms with van der Waals surface area (Å²) in [5, 5.41) is 1.17. The van der Waals surface area contributed by atoms with Gasteiger partial charge < -0.3 is 9.80 Å². The highest BCUT2D eigenvalue weighted by molar-refractivity contribution is 9.09. The third-order valence-electron chi connectivity index (χ3n) is 3.63. The zero-order valence-electron chi connectivity index (χ0n) is 13.5. The Kier molecular flexibility index (Phi) is 15.1. The molecule has 0 saturated carbocycles. The molecule has 116 valence electrons. The Morgan fingerprint density at radius 1 is 0.684 bits per heavy atom. The summed E-state index contributed by atoms with van der Waals surface area (Å²) in [6, 6.07) is 0. The van der Waals surface area contributed by atoms with E-state index in [1.165, 1.54) is 82.9 Å². The van der Waals surface area contributed by atoms with Crippen molar-refractivity contribution in [2.75, 3.05) is 45.6 Å². The van der Waals surface area contributed by atoms with Gasteiger partial charge in [-0.2, -0.15) is 0 Å². The van der Waals surface area contributed by atoms with Crippen molar-refractivity contribution in [2.45, 2.75) is 58.3 Å². The predicted molar refractivity (Wildman–Crippen MR) is 91.4 cm³/mol. The first-order valence-electron chi connectivity index (χ1n) is 8.13. The molecule has 0 radical (unpaired) electrons. The number of rotatable bonds is 14. The van der Waals surface area contributed by atoms with Gasteiger partial charge in [0.05, 0.1) is 0 Å². The quantitative estimate of drug-likeness (QED) is 0.343. The lowest BCUT2D eigenvalue weighted by molar-refractivity contribution is 0.260. The monoisotopic (exact) mass is 334 g/mol. The lowest BCUT2D eigenvalue weighted by atomic mass is 10.1. The normalized spacial score (nSPS) is 11.7. The van der Waals surface area contributed by atoms with Gasteiger partial charge in [-0.25, -0.2) is 0 Å². The highest BCUT2D eigenvalue weighted by Gasteiger charge is 2.02. The highest BCUT2D eigenvalue weighted by Crippen LogP contribution is 2.08. The maximum Gasteiger partial charge on any atom is 0.00313 e. The van der Waals surface area contributed by atoms with E-state index in [0.29, 0.717) is 0 Å². The van der Waals surface area contributed by atoms with E-state index in [2.05, 4.69) is 46.7 Å². The van der Waals surface area contributed by atoms with Crippen molar-refractivity contribution in [2.24, 2.45) is 0 Å². The van der Waals surface area contributed by atoms with E-state index in [-0.39, 0.29) is 0 Å². The molecule has 0 spiro atoms. The molecule has 0 N–H and O–H groups in total. The Morgan fingerprint density at radius 2 is 1.21 bits per heavy atom. The first kappa shape index (κ1) is 19.4. The topological polar surface area (TPSA) is 6.48 Å². The molecule has 0 aromatic rings. The molecular weight excluding hydrogens is 300 g/mol. The van der Waals surface area contributed by atoms with Gasteiger partial charge in [-0.1, -0.05) is 55.0 Å². The molecule has 0 aliphatic heterocycles. The molecule has 0 aromatic carbocycles. The van der Waals surface area contributed by atoms with Crippen molar-refractivity contribution in [1.82, 2.24) is 9.80 Å². The lowest BCUT2D eigenvalue weighted by Gasteiger charge is -2.21. The highest BCUT2D eigenvalue weighted by atomic mass is 79.9. The average molecular weight is 335 g/mol. The van der Waals surface area contributed by atoms with Gasteiger partial charge in [0.15, 0.2) is 0 Å². The zero-order valence-corrected chi connectivity index (χ0v) is 15.1. The molecule has 0 amide bonds. The van der Waals surface area contributed by atoms with E-state index < -0.39 is 0 Å². The van der Waals surface area contributed by atoms with Gasteiger partial charge in [-0.15, -0.1) is 0 Å². The fraction of sp³-hybridized carbons (Fsp3) is 1.00. The standard InChI is InChI=1S/C16H35BrN2/c1-4-19(16-12-14-18(2)3)15-11-9-7-5-6-8-10-13-17/h4-16H2,1-3H3. The van der Waals surface area contributed by atoms with Gasteiger partial charge in [0.2, 0.25) is 0 Å². The summed E-state index contributed by atoms with van der Waals surface area (Å²) in [6.45, 7) is 7.27. The Labute approximate surface area is 130 Å². The second kappa shape index (κ2) is 14.8. The second-order valence-electron chi connectivity index (χ2n) is 5.75. The number of unbranched alkanes of at least 4 members (excludes halogenated alkanes) is 6. The van der Waals surface area contributed by atoms with Crippen molar-refractivity contribution in [3.05, 3.63) is 0 Å². The second-order valence-corrected chi connectivity index (χ2v) is 6.55. The molecule has 0 rings (SSSR count). The SMILES string of the molecule is CCN(CCCCCCCCCBr)CCCN(C)C. The predicted octanol–water partition coefficient (Wildman–Crippen LogP) is 4.39. The van der Waals surface area contributed by atoms with Gasteiger partial charge in [0, 0.05) is 5.33 Å². The molecule has 3 heteroatoms. The Morgan fingerprint density at radius 3 is 1.74 bits per heavy atom. The van der Waals surface area contributed by atoms with E-state index in [1.54, 1.807) is 0 Å². The van der Waals surface area contributed by atoms with E-state index in [1.807, 2.05) is 0 Å². The number of nitrogens with zero attached hydrogens (tertiary/aromatic N) is 2. The van der Waals surface area contributed by atoms with Gasteiger partial charge in [-0.05, 0) is 59.5 Å². The van der Waals surface area contributed by atoms with Gasteiger partial charge in [0.1, 0.15) is 0 Å². The fourth-order valence-corrected chi connectivity index (χ4v) is 2.75. The van der Waals surface area contributed by atoms with Crippen LogP contribution in [0.15, 0.2) is 0 Å². The van der Waals surface area contributed by atoms with Crippen molar-refractivity contribution >= 4 is 15.9 Å². The maximum atomic E-state index is 3.49. The van der Waals surface area contributed by atoms with E-state index in [4.69, 9.17) is 0 Å². The number of hydrogen-bond donors (Lipinski definition) is 0.